The van der Waals surface area contributed by atoms with Crippen molar-refractivity contribution >= 4 is 28.3 Å². The molecule has 0 radical (unpaired) electrons. The van der Waals surface area contributed by atoms with Crippen molar-refractivity contribution in [2.45, 2.75) is 18.7 Å². The summed E-state index contributed by atoms with van der Waals surface area (Å²) in [5.74, 6) is -0.290. The molecule has 1 amide bonds. The first-order valence-corrected chi connectivity index (χ1v) is 9.17. The lowest BCUT2D eigenvalue weighted by atomic mass is 10.1. The number of nitrogens with zero attached hydrogens (tertiary/aromatic N) is 1. The molecule has 1 aromatic carbocycles. The number of ether oxygens (including phenoxy) is 1. The van der Waals surface area contributed by atoms with E-state index < -0.39 is 10.0 Å². The molecule has 0 aliphatic heterocycles. The lowest BCUT2D eigenvalue weighted by molar-refractivity contribution is 0.0953. The van der Waals surface area contributed by atoms with Crippen LogP contribution in [0, 0.1) is 13.8 Å². The van der Waals surface area contributed by atoms with Crippen molar-refractivity contribution in [3.63, 3.8) is 0 Å². The normalized spacial score (nSPS) is 11.3. The first-order valence-electron chi connectivity index (χ1n) is 7.73. The zero-order valence-corrected chi connectivity index (χ0v) is 17.0. The van der Waals surface area contributed by atoms with Crippen LogP contribution in [0.25, 0.3) is 0 Å². The predicted molar refractivity (Wildman–Crippen MR) is 101 cm³/mol. The van der Waals surface area contributed by atoms with Crippen LogP contribution in [0.2, 0.25) is 0 Å². The molecule has 0 spiro atoms. The van der Waals surface area contributed by atoms with E-state index >= 15 is 0 Å². The van der Waals surface area contributed by atoms with E-state index in [9.17, 15) is 13.2 Å². The van der Waals surface area contributed by atoms with E-state index in [1.165, 1.54) is 20.2 Å². The van der Waals surface area contributed by atoms with E-state index in [0.29, 0.717) is 37.4 Å². The van der Waals surface area contributed by atoms with E-state index in [-0.39, 0.29) is 23.2 Å². The van der Waals surface area contributed by atoms with Crippen LogP contribution in [0.1, 0.15) is 21.5 Å². The molecule has 0 aliphatic rings. The highest BCUT2D eigenvalue weighted by Crippen LogP contribution is 2.23. The van der Waals surface area contributed by atoms with Crippen LogP contribution in [0.15, 0.2) is 17.0 Å². The zero-order valence-electron chi connectivity index (χ0n) is 15.4. The largest absolute Gasteiger partial charge is 0.383 e. The topological polar surface area (TPSA) is 87.7 Å². The number of halogens is 1. The summed E-state index contributed by atoms with van der Waals surface area (Å²) in [6.45, 7) is 5.92. The number of nitrogens with one attached hydrogen (secondary N) is 2. The third-order valence-electron chi connectivity index (χ3n) is 3.71. The second kappa shape index (κ2) is 10.7. The minimum absolute atomic E-state index is 0. The maximum Gasteiger partial charge on any atom is 0.251 e. The van der Waals surface area contributed by atoms with Gasteiger partial charge in [0, 0.05) is 46.4 Å². The molecule has 1 rings (SSSR count). The van der Waals surface area contributed by atoms with Gasteiger partial charge in [0.25, 0.3) is 5.91 Å². The molecule has 0 aromatic heterocycles. The zero-order chi connectivity index (χ0) is 18.3. The monoisotopic (exact) mass is 393 g/mol. The maximum absolute atomic E-state index is 12.4. The molecule has 2 N–H and O–H groups in total. The number of benzene rings is 1. The smallest absolute Gasteiger partial charge is 0.251 e. The van der Waals surface area contributed by atoms with E-state index in [1.807, 2.05) is 0 Å². The lowest BCUT2D eigenvalue weighted by Gasteiger charge is -2.16. The van der Waals surface area contributed by atoms with Gasteiger partial charge in [-0.1, -0.05) is 0 Å². The van der Waals surface area contributed by atoms with Gasteiger partial charge in [0.1, 0.15) is 0 Å². The summed E-state index contributed by atoms with van der Waals surface area (Å²) in [6, 6.07) is 3.14. The van der Waals surface area contributed by atoms with Crippen LogP contribution in [0.5, 0.6) is 0 Å². The number of hydrogen-bond acceptors (Lipinski definition) is 5. The molecule has 0 heterocycles. The molecule has 0 fully saturated rings. The molecule has 1 aromatic rings. The highest BCUT2D eigenvalue weighted by molar-refractivity contribution is 7.89. The fraction of sp³-hybridized carbons (Fsp3) is 0.562. The van der Waals surface area contributed by atoms with Crippen molar-refractivity contribution in [3.8, 4) is 0 Å². The maximum atomic E-state index is 12.4. The standard InChI is InChI=1S/C16H27N3O4S.ClH/c1-12-10-14(16(20)18-7-6-17-8-9-23-5)11-15(13(12)2)24(21,22)19(3)4;/h10-11,17H,6-9H2,1-5H3,(H,18,20);1H. The number of rotatable bonds is 9. The van der Waals surface area contributed by atoms with Crippen LogP contribution in [-0.4, -0.2) is 66.1 Å². The summed E-state index contributed by atoms with van der Waals surface area (Å²) >= 11 is 0. The quantitative estimate of drug-likeness (QED) is 0.610. The number of sulfonamides is 1. The van der Waals surface area contributed by atoms with E-state index in [2.05, 4.69) is 10.6 Å². The van der Waals surface area contributed by atoms with Crippen molar-refractivity contribution in [2.75, 3.05) is 47.4 Å². The highest BCUT2D eigenvalue weighted by atomic mass is 35.5. The highest BCUT2D eigenvalue weighted by Gasteiger charge is 2.22. The van der Waals surface area contributed by atoms with Crippen molar-refractivity contribution < 1.29 is 17.9 Å². The predicted octanol–water partition coefficient (Wildman–Crippen LogP) is 0.941. The molecule has 0 aliphatic carbocycles. The van der Waals surface area contributed by atoms with Crippen molar-refractivity contribution in [1.29, 1.82) is 0 Å². The minimum Gasteiger partial charge on any atom is -0.383 e. The van der Waals surface area contributed by atoms with Gasteiger partial charge in [0.2, 0.25) is 10.0 Å². The Morgan fingerprint density at radius 1 is 1.16 bits per heavy atom. The molecule has 25 heavy (non-hydrogen) atoms. The van der Waals surface area contributed by atoms with Gasteiger partial charge in [-0.2, -0.15) is 0 Å². The fourth-order valence-corrected chi connectivity index (χ4v) is 3.31. The Bertz CT molecular complexity index is 678. The van der Waals surface area contributed by atoms with Crippen molar-refractivity contribution in [2.24, 2.45) is 0 Å². The summed E-state index contributed by atoms with van der Waals surface area (Å²) in [5.41, 5.74) is 1.76. The second-order valence-corrected chi connectivity index (χ2v) is 7.82. The van der Waals surface area contributed by atoms with Crippen molar-refractivity contribution in [1.82, 2.24) is 14.9 Å². The first kappa shape index (κ1) is 23.8. The van der Waals surface area contributed by atoms with Crippen molar-refractivity contribution in [3.05, 3.63) is 28.8 Å². The summed E-state index contributed by atoms with van der Waals surface area (Å²) in [4.78, 5) is 12.4. The van der Waals surface area contributed by atoms with Crippen LogP contribution < -0.4 is 10.6 Å². The third kappa shape index (κ3) is 6.56. The van der Waals surface area contributed by atoms with E-state index in [0.717, 1.165) is 9.87 Å². The summed E-state index contributed by atoms with van der Waals surface area (Å²) in [6.07, 6.45) is 0. The molecular weight excluding hydrogens is 366 g/mol. The van der Waals surface area contributed by atoms with Gasteiger partial charge in [-0.05, 0) is 37.1 Å². The number of hydrogen-bond donors (Lipinski definition) is 2. The number of methoxy groups -OCH3 is 1. The Hall–Kier alpha value is -1.19. The van der Waals surface area contributed by atoms with Gasteiger partial charge >= 0.3 is 0 Å². The Morgan fingerprint density at radius 2 is 1.80 bits per heavy atom. The molecule has 9 heteroatoms. The molecule has 144 valence electrons. The molecule has 0 saturated heterocycles. The Kier molecular flexibility index (Phi) is 10.2. The number of amides is 1. The van der Waals surface area contributed by atoms with Gasteiger partial charge in [0.05, 0.1) is 11.5 Å². The van der Waals surface area contributed by atoms with Gasteiger partial charge in [-0.15, -0.1) is 12.4 Å². The summed E-state index contributed by atoms with van der Waals surface area (Å²) in [5, 5.41) is 5.90. The molecule has 0 unspecified atom stereocenters. The molecule has 0 atom stereocenters. The summed E-state index contributed by atoms with van der Waals surface area (Å²) in [7, 11) is 0.983. The third-order valence-corrected chi connectivity index (χ3v) is 5.65. The number of aryl methyl sites for hydroxylation is 1. The first-order chi connectivity index (χ1) is 11.2. The molecule has 0 saturated carbocycles. The SMILES string of the molecule is COCCNCCNC(=O)c1cc(C)c(C)c(S(=O)(=O)N(C)C)c1.Cl. The van der Waals surface area contributed by atoms with Crippen LogP contribution in [0.3, 0.4) is 0 Å². The molecule has 7 nitrogen and oxygen atoms in total. The molecular formula is C16H28ClN3O4S. The fourth-order valence-electron chi connectivity index (χ4n) is 2.09. The van der Waals surface area contributed by atoms with E-state index in [1.54, 1.807) is 27.0 Å². The Balaban J connectivity index is 0.00000576. The number of carbonyl (C=O) groups is 1. The van der Waals surface area contributed by atoms with Gasteiger partial charge in [-0.25, -0.2) is 12.7 Å². The van der Waals surface area contributed by atoms with Crippen LogP contribution in [-0.2, 0) is 14.8 Å². The van der Waals surface area contributed by atoms with Gasteiger partial charge in [-0.3, -0.25) is 4.79 Å². The number of carbonyl (C=O) groups excluding carboxylic acids is 1. The minimum atomic E-state index is -3.59. The molecule has 0 bridgehead atoms. The van der Waals surface area contributed by atoms with Gasteiger partial charge in [0.15, 0.2) is 0 Å². The Morgan fingerprint density at radius 3 is 2.36 bits per heavy atom. The van der Waals surface area contributed by atoms with Crippen LogP contribution >= 0.6 is 12.4 Å². The van der Waals surface area contributed by atoms with Crippen LogP contribution in [0.4, 0.5) is 0 Å². The average Bonchev–Trinajstić information content (AvgIpc) is 2.52. The van der Waals surface area contributed by atoms with E-state index in [4.69, 9.17) is 4.74 Å². The average molecular weight is 394 g/mol. The van der Waals surface area contributed by atoms with Gasteiger partial charge < -0.3 is 15.4 Å². The lowest BCUT2D eigenvalue weighted by Crippen LogP contribution is -2.33. The summed E-state index contributed by atoms with van der Waals surface area (Å²) < 4.78 is 30.9. The second-order valence-electron chi connectivity index (χ2n) is 5.70. The Labute approximate surface area is 156 Å².